The van der Waals surface area contributed by atoms with Crippen LogP contribution in [0.25, 0.3) is 0 Å². The van der Waals surface area contributed by atoms with Gasteiger partial charge < -0.3 is 5.32 Å². The van der Waals surface area contributed by atoms with E-state index in [-0.39, 0.29) is 28.7 Å². The molecule has 4 heterocycles. The smallest absolute Gasteiger partial charge is 0.301 e. The van der Waals surface area contributed by atoms with Crippen molar-refractivity contribution in [3.63, 3.8) is 0 Å². The van der Waals surface area contributed by atoms with Crippen LogP contribution in [0.3, 0.4) is 0 Å². The molecule has 0 unspecified atom stereocenters. The molecule has 0 aliphatic carbocycles. The van der Waals surface area contributed by atoms with Gasteiger partial charge in [0.1, 0.15) is 5.01 Å². The molecular formula is C25H32F3N5O3S2. The monoisotopic (exact) mass is 571 g/mol. The fourth-order valence-corrected chi connectivity index (χ4v) is 9.21. The summed E-state index contributed by atoms with van der Waals surface area (Å²) in [6, 6.07) is 4.11. The molecule has 8 nitrogen and oxygen atoms in total. The number of piperidine rings is 3. The SMILES string of the molecule is CC(=O)Nc1nnc(CCC[C@@H]2[C@H]3CCCN4CCC[C@@H](CN2S(=O)(=O)c2cccc(C(F)(F)F)c2)[C@@H]34)s1. The van der Waals surface area contributed by atoms with Gasteiger partial charge in [0.05, 0.1) is 10.5 Å². The molecule has 5 rings (SSSR count). The lowest BCUT2D eigenvalue weighted by Crippen LogP contribution is -2.65. The molecule has 1 N–H and O–H groups in total. The van der Waals surface area contributed by atoms with E-state index in [1.54, 1.807) is 0 Å². The van der Waals surface area contributed by atoms with E-state index in [4.69, 9.17) is 0 Å². The van der Waals surface area contributed by atoms with Gasteiger partial charge >= 0.3 is 6.18 Å². The molecule has 0 spiro atoms. The Morgan fingerprint density at radius 1 is 1.18 bits per heavy atom. The Bertz CT molecular complexity index is 1270. The number of halogens is 3. The molecule has 0 saturated carbocycles. The maximum absolute atomic E-state index is 13.9. The van der Waals surface area contributed by atoms with Gasteiger partial charge in [0.2, 0.25) is 21.1 Å². The normalized spacial score (nSPS) is 26.6. The van der Waals surface area contributed by atoms with Crippen LogP contribution in [0.15, 0.2) is 29.2 Å². The topological polar surface area (TPSA) is 95.5 Å². The number of sulfonamides is 1. The van der Waals surface area contributed by atoms with E-state index in [1.165, 1.54) is 34.7 Å². The van der Waals surface area contributed by atoms with Gasteiger partial charge in [-0.05, 0) is 81.6 Å². The Balaban J connectivity index is 1.41. The molecule has 4 atom stereocenters. The quantitative estimate of drug-likeness (QED) is 0.529. The highest BCUT2D eigenvalue weighted by Gasteiger charge is 2.51. The van der Waals surface area contributed by atoms with E-state index in [0.29, 0.717) is 37.0 Å². The predicted molar refractivity (Wildman–Crippen MR) is 137 cm³/mol. The average Bonchev–Trinajstić information content (AvgIpc) is 3.31. The minimum atomic E-state index is -4.62. The second-order valence-corrected chi connectivity index (χ2v) is 13.4. The van der Waals surface area contributed by atoms with Crippen LogP contribution in [0.4, 0.5) is 18.3 Å². The van der Waals surface area contributed by atoms with Crippen LogP contribution in [-0.4, -0.2) is 65.4 Å². The molecule has 13 heteroatoms. The summed E-state index contributed by atoms with van der Waals surface area (Å²) in [4.78, 5) is 13.5. The van der Waals surface area contributed by atoms with Gasteiger partial charge in [-0.1, -0.05) is 17.4 Å². The fraction of sp³-hybridized carbons (Fsp3) is 0.640. The van der Waals surface area contributed by atoms with E-state index in [1.807, 2.05) is 0 Å². The summed E-state index contributed by atoms with van der Waals surface area (Å²) in [6.45, 7) is 3.75. The molecule has 3 aliphatic heterocycles. The summed E-state index contributed by atoms with van der Waals surface area (Å²) in [6.07, 6.45) is 1.01. The number of rotatable bonds is 7. The summed E-state index contributed by atoms with van der Waals surface area (Å²) in [5, 5.41) is 11.9. The van der Waals surface area contributed by atoms with Gasteiger partial charge in [-0.2, -0.15) is 17.5 Å². The Kier molecular flexibility index (Phi) is 7.82. The lowest BCUT2D eigenvalue weighted by Gasteiger charge is -2.57. The third-order valence-electron chi connectivity index (χ3n) is 8.03. The molecule has 3 saturated heterocycles. The number of hydrogen-bond acceptors (Lipinski definition) is 7. The van der Waals surface area contributed by atoms with Crippen molar-refractivity contribution in [2.45, 2.75) is 75.0 Å². The summed E-state index contributed by atoms with van der Waals surface area (Å²) < 4.78 is 69.6. The van der Waals surface area contributed by atoms with Crippen LogP contribution in [0, 0.1) is 11.8 Å². The number of benzene rings is 1. The zero-order chi connectivity index (χ0) is 27.1. The summed E-state index contributed by atoms with van der Waals surface area (Å²) >= 11 is 1.29. The lowest BCUT2D eigenvalue weighted by molar-refractivity contribution is -0.137. The number of carbonyl (C=O) groups is 1. The molecule has 3 fully saturated rings. The molecule has 2 aromatic rings. The molecule has 208 valence electrons. The second kappa shape index (κ2) is 10.8. The Hall–Kier alpha value is -2.09. The fourth-order valence-electron chi connectivity index (χ4n) is 6.58. The minimum Gasteiger partial charge on any atom is -0.301 e. The first-order valence-electron chi connectivity index (χ1n) is 13.1. The number of aromatic nitrogens is 2. The average molecular weight is 572 g/mol. The molecule has 1 aromatic heterocycles. The van der Waals surface area contributed by atoms with Crippen molar-refractivity contribution in [2.75, 3.05) is 25.0 Å². The molecule has 1 aromatic carbocycles. The van der Waals surface area contributed by atoms with Crippen molar-refractivity contribution >= 4 is 32.4 Å². The van der Waals surface area contributed by atoms with E-state index >= 15 is 0 Å². The Morgan fingerprint density at radius 3 is 2.68 bits per heavy atom. The van der Waals surface area contributed by atoms with Crippen LogP contribution >= 0.6 is 11.3 Å². The van der Waals surface area contributed by atoms with Gasteiger partial charge in [0, 0.05) is 32.0 Å². The molecule has 38 heavy (non-hydrogen) atoms. The van der Waals surface area contributed by atoms with Crippen molar-refractivity contribution < 1.29 is 26.4 Å². The van der Waals surface area contributed by atoms with Crippen molar-refractivity contribution in [1.29, 1.82) is 0 Å². The van der Waals surface area contributed by atoms with Crippen molar-refractivity contribution in [3.8, 4) is 0 Å². The van der Waals surface area contributed by atoms with Crippen LogP contribution in [-0.2, 0) is 27.4 Å². The van der Waals surface area contributed by atoms with Gasteiger partial charge in [-0.15, -0.1) is 10.2 Å². The Labute approximate surface area is 224 Å². The highest BCUT2D eigenvalue weighted by Crippen LogP contribution is 2.45. The zero-order valence-corrected chi connectivity index (χ0v) is 22.8. The predicted octanol–water partition coefficient (Wildman–Crippen LogP) is 4.40. The maximum atomic E-state index is 13.9. The van der Waals surface area contributed by atoms with Crippen LogP contribution in [0.5, 0.6) is 0 Å². The summed E-state index contributed by atoms with van der Waals surface area (Å²) in [5.74, 6) is 0.0798. The molecule has 1 amide bonds. The number of hydrogen-bond donors (Lipinski definition) is 1. The standard InChI is InChI=1S/C25H32F3N5O3S2/c1-16(34)29-24-31-30-22(37-24)11-3-10-21-20-9-5-13-32-12-4-6-17(23(20)32)15-33(21)38(35,36)19-8-2-7-18(14-19)25(26,27)28/h2,7-8,14,17,20-21,23H,3-6,9-13,15H2,1H3,(H,29,31,34)/t17-,20+,21+,23-/m0/s1. The third-order valence-corrected chi connectivity index (χ3v) is 10.8. The number of nitrogens with zero attached hydrogens (tertiary/aromatic N) is 4. The van der Waals surface area contributed by atoms with Gasteiger partial charge in [0.25, 0.3) is 0 Å². The van der Waals surface area contributed by atoms with Crippen molar-refractivity contribution in [1.82, 2.24) is 19.4 Å². The lowest BCUT2D eigenvalue weighted by atomic mass is 9.70. The maximum Gasteiger partial charge on any atom is 0.416 e. The van der Waals surface area contributed by atoms with E-state index in [9.17, 15) is 26.4 Å². The number of anilines is 1. The highest BCUT2D eigenvalue weighted by atomic mass is 32.2. The highest BCUT2D eigenvalue weighted by molar-refractivity contribution is 7.89. The molecular weight excluding hydrogens is 539 g/mol. The first-order chi connectivity index (χ1) is 18.0. The zero-order valence-electron chi connectivity index (χ0n) is 21.2. The van der Waals surface area contributed by atoms with Crippen LogP contribution < -0.4 is 5.32 Å². The number of amides is 1. The number of nitrogens with one attached hydrogen (secondary N) is 1. The van der Waals surface area contributed by atoms with Gasteiger partial charge in [-0.3, -0.25) is 9.69 Å². The Morgan fingerprint density at radius 2 is 1.95 bits per heavy atom. The van der Waals surface area contributed by atoms with E-state index in [0.717, 1.165) is 55.9 Å². The third kappa shape index (κ3) is 5.61. The van der Waals surface area contributed by atoms with Gasteiger partial charge in [-0.25, -0.2) is 8.42 Å². The van der Waals surface area contributed by atoms with Gasteiger partial charge in [0.15, 0.2) is 0 Å². The summed E-state index contributed by atoms with van der Waals surface area (Å²) in [5.41, 5.74) is -0.960. The van der Waals surface area contributed by atoms with E-state index in [2.05, 4.69) is 20.4 Å². The van der Waals surface area contributed by atoms with Crippen LogP contribution in [0.2, 0.25) is 0 Å². The molecule has 0 radical (unpaired) electrons. The van der Waals surface area contributed by atoms with Crippen LogP contribution in [0.1, 0.15) is 56.0 Å². The number of alkyl halides is 3. The molecule has 0 bridgehead atoms. The first kappa shape index (κ1) is 27.5. The second-order valence-electron chi connectivity index (χ2n) is 10.5. The number of carbonyl (C=O) groups excluding carboxylic acids is 1. The van der Waals surface area contributed by atoms with Crippen molar-refractivity contribution in [3.05, 3.63) is 34.8 Å². The minimum absolute atomic E-state index is 0.132. The first-order valence-corrected chi connectivity index (χ1v) is 15.3. The molecule has 3 aliphatic rings. The largest absolute Gasteiger partial charge is 0.416 e. The van der Waals surface area contributed by atoms with E-state index < -0.39 is 21.8 Å². The summed E-state index contributed by atoms with van der Waals surface area (Å²) in [7, 11) is -4.14. The van der Waals surface area contributed by atoms with Crippen molar-refractivity contribution in [2.24, 2.45) is 11.8 Å². The number of aryl methyl sites for hydroxylation is 1.